The van der Waals surface area contributed by atoms with Crippen molar-refractivity contribution in [2.75, 3.05) is 20.4 Å². The summed E-state index contributed by atoms with van der Waals surface area (Å²) in [6, 6.07) is 6.92. The molecule has 3 heteroatoms. The lowest BCUT2D eigenvalue weighted by Crippen LogP contribution is -2.21. The number of ether oxygens (including phenoxy) is 2. The minimum absolute atomic E-state index is 0.375. The fourth-order valence-corrected chi connectivity index (χ4v) is 2.78. The van der Waals surface area contributed by atoms with E-state index in [4.69, 9.17) is 9.47 Å². The van der Waals surface area contributed by atoms with Gasteiger partial charge in [0, 0.05) is 6.04 Å². The van der Waals surface area contributed by atoms with Gasteiger partial charge < -0.3 is 14.8 Å². The fourth-order valence-electron chi connectivity index (χ4n) is 2.78. The fraction of sp³-hybridized carbons (Fsp3) is 0.625. The van der Waals surface area contributed by atoms with Gasteiger partial charge in [-0.2, -0.15) is 0 Å². The summed E-state index contributed by atoms with van der Waals surface area (Å²) in [5.74, 6) is 1.72. The van der Waals surface area contributed by atoms with Crippen LogP contribution in [0.15, 0.2) is 18.2 Å². The minimum atomic E-state index is 0.375. The molecule has 1 aromatic rings. The predicted octanol–water partition coefficient (Wildman–Crippen LogP) is 3.05. The lowest BCUT2D eigenvalue weighted by Gasteiger charge is -2.25. The normalized spacial score (nSPS) is 22.1. The van der Waals surface area contributed by atoms with Gasteiger partial charge in [-0.05, 0) is 68.3 Å². The molecule has 19 heavy (non-hydrogen) atoms. The Balaban J connectivity index is 1.58. The number of aryl methyl sites for hydroxylation is 1. The third kappa shape index (κ3) is 3.28. The molecule has 1 saturated carbocycles. The lowest BCUT2D eigenvalue weighted by atomic mass is 9.87. The molecule has 0 bridgehead atoms. The van der Waals surface area contributed by atoms with Crippen LogP contribution in [0, 0.1) is 5.92 Å². The molecule has 3 nitrogen and oxygen atoms in total. The first-order chi connectivity index (χ1) is 9.36. The lowest BCUT2D eigenvalue weighted by molar-refractivity contribution is 0.00990. The smallest absolute Gasteiger partial charge is 0.189 e. The van der Waals surface area contributed by atoms with Crippen LogP contribution in [-0.2, 0) is 11.2 Å². The van der Waals surface area contributed by atoms with Gasteiger partial charge in [0.15, 0.2) is 6.79 Å². The third-order valence-corrected chi connectivity index (χ3v) is 4.14. The van der Waals surface area contributed by atoms with Gasteiger partial charge in [-0.3, -0.25) is 0 Å². The highest BCUT2D eigenvalue weighted by Gasteiger charge is 2.21. The average Bonchev–Trinajstić information content (AvgIpc) is 3.27. The highest BCUT2D eigenvalue weighted by molar-refractivity contribution is 5.39. The number of benzene rings is 1. The van der Waals surface area contributed by atoms with Crippen LogP contribution in [0.25, 0.3) is 0 Å². The van der Waals surface area contributed by atoms with Gasteiger partial charge in [0.05, 0.1) is 6.61 Å². The van der Waals surface area contributed by atoms with Crippen molar-refractivity contribution < 1.29 is 9.47 Å². The van der Waals surface area contributed by atoms with E-state index in [1.54, 1.807) is 0 Å². The van der Waals surface area contributed by atoms with Crippen LogP contribution < -0.4 is 10.1 Å². The molecule has 2 aliphatic rings. The van der Waals surface area contributed by atoms with E-state index in [1.807, 2.05) is 7.05 Å². The molecule has 1 atom stereocenters. The first-order valence-electron chi connectivity index (χ1n) is 7.37. The molecule has 0 amide bonds. The van der Waals surface area contributed by atoms with E-state index < -0.39 is 0 Å². The van der Waals surface area contributed by atoms with Crippen molar-refractivity contribution in [1.82, 2.24) is 5.32 Å². The molecule has 3 rings (SSSR count). The molecule has 0 spiro atoms. The van der Waals surface area contributed by atoms with Gasteiger partial charge in [-0.25, -0.2) is 0 Å². The molecule has 2 aliphatic carbocycles. The summed E-state index contributed by atoms with van der Waals surface area (Å²) in [6.07, 6.45) is 6.31. The largest absolute Gasteiger partial charge is 0.468 e. The molecule has 104 valence electrons. The Labute approximate surface area is 115 Å². The van der Waals surface area contributed by atoms with E-state index in [9.17, 15) is 0 Å². The van der Waals surface area contributed by atoms with Crippen molar-refractivity contribution in [1.29, 1.82) is 0 Å². The van der Waals surface area contributed by atoms with Gasteiger partial charge in [0.25, 0.3) is 0 Å². The molecule has 1 fully saturated rings. The summed E-state index contributed by atoms with van der Waals surface area (Å²) in [7, 11) is 2.03. The van der Waals surface area contributed by atoms with Gasteiger partial charge in [0.2, 0.25) is 0 Å². The number of hydrogen-bond acceptors (Lipinski definition) is 3. The summed E-state index contributed by atoms with van der Waals surface area (Å²) >= 11 is 0. The van der Waals surface area contributed by atoms with Crippen LogP contribution in [0.3, 0.4) is 0 Å². The zero-order valence-electron chi connectivity index (χ0n) is 11.7. The number of hydrogen-bond donors (Lipinski definition) is 1. The van der Waals surface area contributed by atoms with Crippen molar-refractivity contribution in [3.05, 3.63) is 29.3 Å². The molecular weight excluding hydrogens is 238 g/mol. The maximum atomic E-state index is 5.69. The molecular formula is C16H23NO2. The molecule has 0 aromatic heterocycles. The highest BCUT2D eigenvalue weighted by atomic mass is 16.7. The van der Waals surface area contributed by atoms with Crippen LogP contribution in [0.2, 0.25) is 0 Å². The van der Waals surface area contributed by atoms with Gasteiger partial charge in [-0.1, -0.05) is 6.07 Å². The molecule has 0 radical (unpaired) electrons. The molecule has 1 N–H and O–H groups in total. The van der Waals surface area contributed by atoms with Crippen LogP contribution in [0.4, 0.5) is 0 Å². The van der Waals surface area contributed by atoms with Crippen molar-refractivity contribution in [3.8, 4) is 5.75 Å². The predicted molar refractivity (Wildman–Crippen MR) is 75.4 cm³/mol. The first-order valence-corrected chi connectivity index (χ1v) is 7.37. The van der Waals surface area contributed by atoms with Crippen LogP contribution >= 0.6 is 0 Å². The van der Waals surface area contributed by atoms with E-state index in [2.05, 4.69) is 23.5 Å². The van der Waals surface area contributed by atoms with Crippen LogP contribution in [-0.4, -0.2) is 20.4 Å². The summed E-state index contributed by atoms with van der Waals surface area (Å²) in [5.41, 5.74) is 2.85. The second kappa shape index (κ2) is 5.93. The topological polar surface area (TPSA) is 30.5 Å². The monoisotopic (exact) mass is 261 g/mol. The van der Waals surface area contributed by atoms with E-state index in [0.717, 1.165) is 18.3 Å². The summed E-state index contributed by atoms with van der Waals surface area (Å²) < 4.78 is 11.2. The molecule has 0 saturated heterocycles. The van der Waals surface area contributed by atoms with Crippen LogP contribution in [0.1, 0.15) is 42.9 Å². The highest BCUT2D eigenvalue weighted by Crippen LogP contribution is 2.32. The minimum Gasteiger partial charge on any atom is -0.468 e. The summed E-state index contributed by atoms with van der Waals surface area (Å²) in [4.78, 5) is 0. The summed E-state index contributed by atoms with van der Waals surface area (Å²) in [6.45, 7) is 1.23. The van der Waals surface area contributed by atoms with E-state index in [0.29, 0.717) is 12.8 Å². The van der Waals surface area contributed by atoms with Crippen molar-refractivity contribution >= 4 is 0 Å². The molecule has 0 aliphatic heterocycles. The summed E-state index contributed by atoms with van der Waals surface area (Å²) in [5, 5.41) is 3.39. The maximum Gasteiger partial charge on any atom is 0.189 e. The van der Waals surface area contributed by atoms with E-state index in [1.165, 1.54) is 43.2 Å². The van der Waals surface area contributed by atoms with E-state index in [-0.39, 0.29) is 0 Å². The molecule has 1 unspecified atom stereocenters. The van der Waals surface area contributed by atoms with Crippen molar-refractivity contribution in [3.63, 3.8) is 0 Å². The third-order valence-electron chi connectivity index (χ3n) is 4.14. The second-order valence-electron chi connectivity index (χ2n) is 5.67. The van der Waals surface area contributed by atoms with Crippen molar-refractivity contribution in [2.45, 2.75) is 38.1 Å². The number of rotatable bonds is 6. The zero-order chi connectivity index (χ0) is 13.1. The van der Waals surface area contributed by atoms with Gasteiger partial charge in [-0.15, -0.1) is 0 Å². The average molecular weight is 261 g/mol. The van der Waals surface area contributed by atoms with E-state index >= 15 is 0 Å². The Hall–Kier alpha value is -1.06. The Kier molecular flexibility index (Phi) is 4.04. The Morgan fingerprint density at radius 1 is 1.26 bits per heavy atom. The first kappa shape index (κ1) is 12.9. The second-order valence-corrected chi connectivity index (χ2v) is 5.67. The zero-order valence-corrected chi connectivity index (χ0v) is 11.7. The Morgan fingerprint density at radius 3 is 2.95 bits per heavy atom. The number of nitrogens with one attached hydrogen (secondary N) is 1. The quantitative estimate of drug-likeness (QED) is 0.630. The standard InChI is InChI=1S/C16H23NO2/c1-17-16-4-2-3-13-7-8-14(9-15(13)16)19-11-18-10-12-5-6-12/h7-9,12,16-17H,2-6,10-11H2,1H3. The number of fused-ring (bicyclic) bond motifs is 1. The van der Waals surface area contributed by atoms with Crippen molar-refractivity contribution in [2.24, 2.45) is 5.92 Å². The molecule has 0 heterocycles. The molecule has 1 aromatic carbocycles. The Morgan fingerprint density at radius 2 is 2.16 bits per heavy atom. The van der Waals surface area contributed by atoms with Gasteiger partial charge >= 0.3 is 0 Å². The van der Waals surface area contributed by atoms with Gasteiger partial charge in [0.1, 0.15) is 5.75 Å². The van der Waals surface area contributed by atoms with Crippen LogP contribution in [0.5, 0.6) is 5.75 Å². The Bertz CT molecular complexity index is 429. The maximum absolute atomic E-state index is 5.69. The SMILES string of the molecule is CNC1CCCc2ccc(OCOCC3CC3)cc21.